The summed E-state index contributed by atoms with van der Waals surface area (Å²) in [6.45, 7) is 3.98. The van der Waals surface area contributed by atoms with Crippen LogP contribution in [0.3, 0.4) is 0 Å². The number of hydrogen-bond acceptors (Lipinski definition) is 3. The van der Waals surface area contributed by atoms with E-state index in [0.29, 0.717) is 6.10 Å². The van der Waals surface area contributed by atoms with Crippen LogP contribution < -0.4 is 10.5 Å². The lowest BCUT2D eigenvalue weighted by Gasteiger charge is -2.26. The zero-order chi connectivity index (χ0) is 10.8. The summed E-state index contributed by atoms with van der Waals surface area (Å²) in [7, 11) is 0. The van der Waals surface area contributed by atoms with E-state index in [0.717, 1.165) is 29.8 Å². The van der Waals surface area contributed by atoms with Crippen LogP contribution in [0.5, 0.6) is 5.88 Å². The topological polar surface area (TPSA) is 48.1 Å². The molecule has 1 fully saturated rings. The molecule has 0 amide bonds. The first-order chi connectivity index (χ1) is 7.16. The van der Waals surface area contributed by atoms with Crippen molar-refractivity contribution in [2.24, 2.45) is 5.73 Å². The Balaban J connectivity index is 0.00000128. The average Bonchev–Trinajstić information content (AvgIpc) is 2.12. The highest BCUT2D eigenvalue weighted by Crippen LogP contribution is 2.26. The van der Waals surface area contributed by atoms with Gasteiger partial charge in [-0.2, -0.15) is 0 Å². The number of halogens is 1. The smallest absolute Gasteiger partial charge is 0.216 e. The fourth-order valence-electron chi connectivity index (χ4n) is 1.60. The van der Waals surface area contributed by atoms with Crippen molar-refractivity contribution in [1.82, 2.24) is 4.98 Å². The zero-order valence-electron chi connectivity index (χ0n) is 9.77. The number of nitrogens with zero attached hydrogens (tertiary/aromatic N) is 1. The van der Waals surface area contributed by atoms with Crippen molar-refractivity contribution in [3.05, 3.63) is 23.4 Å². The Morgan fingerprint density at radius 2 is 2.19 bits per heavy atom. The van der Waals surface area contributed by atoms with Gasteiger partial charge in [-0.1, -0.05) is 0 Å². The summed E-state index contributed by atoms with van der Waals surface area (Å²) < 4.78 is 5.76. The van der Waals surface area contributed by atoms with Crippen molar-refractivity contribution in [3.63, 3.8) is 0 Å². The lowest BCUT2D eigenvalue weighted by molar-refractivity contribution is 0.113. The number of ether oxygens (including phenoxy) is 1. The molecule has 1 atom stereocenters. The SMILES string of the molecule is Cc1cc(C(C)N)cnc1OC1CCC1.Cl. The van der Waals surface area contributed by atoms with Gasteiger partial charge in [0.15, 0.2) is 0 Å². The standard InChI is InChI=1S/C12H18N2O.ClH/c1-8-6-10(9(2)13)7-14-12(8)15-11-4-3-5-11;/h6-7,9,11H,3-5,13H2,1-2H3;1H. The molecule has 0 radical (unpaired) electrons. The van der Waals surface area contributed by atoms with Gasteiger partial charge in [-0.05, 0) is 44.7 Å². The fourth-order valence-corrected chi connectivity index (χ4v) is 1.60. The largest absolute Gasteiger partial charge is 0.474 e. The number of nitrogens with two attached hydrogens (primary N) is 1. The molecular formula is C12H19ClN2O. The van der Waals surface area contributed by atoms with Crippen LogP contribution in [-0.4, -0.2) is 11.1 Å². The van der Waals surface area contributed by atoms with E-state index in [4.69, 9.17) is 10.5 Å². The predicted octanol–water partition coefficient (Wildman–Crippen LogP) is 2.76. The highest BCUT2D eigenvalue weighted by Gasteiger charge is 2.20. The van der Waals surface area contributed by atoms with E-state index in [1.54, 1.807) is 0 Å². The number of pyridine rings is 1. The van der Waals surface area contributed by atoms with Crippen LogP contribution in [-0.2, 0) is 0 Å². The normalized spacial score (nSPS) is 17.2. The molecule has 1 unspecified atom stereocenters. The summed E-state index contributed by atoms with van der Waals surface area (Å²) in [6.07, 6.45) is 5.80. The van der Waals surface area contributed by atoms with Gasteiger partial charge < -0.3 is 10.5 Å². The highest BCUT2D eigenvalue weighted by atomic mass is 35.5. The minimum atomic E-state index is 0. The average molecular weight is 243 g/mol. The molecule has 4 heteroatoms. The van der Waals surface area contributed by atoms with E-state index in [9.17, 15) is 0 Å². The minimum Gasteiger partial charge on any atom is -0.474 e. The van der Waals surface area contributed by atoms with Crippen LogP contribution in [0.15, 0.2) is 12.3 Å². The molecule has 0 aromatic carbocycles. The third-order valence-corrected chi connectivity index (χ3v) is 2.91. The monoisotopic (exact) mass is 242 g/mol. The summed E-state index contributed by atoms with van der Waals surface area (Å²) in [6, 6.07) is 2.10. The van der Waals surface area contributed by atoms with Crippen LogP contribution in [0.2, 0.25) is 0 Å². The second-order valence-electron chi connectivity index (χ2n) is 4.35. The van der Waals surface area contributed by atoms with Gasteiger partial charge >= 0.3 is 0 Å². The van der Waals surface area contributed by atoms with E-state index in [1.165, 1.54) is 6.42 Å². The number of rotatable bonds is 3. The highest BCUT2D eigenvalue weighted by molar-refractivity contribution is 5.85. The van der Waals surface area contributed by atoms with Crippen LogP contribution in [0, 0.1) is 6.92 Å². The van der Waals surface area contributed by atoms with Crippen LogP contribution in [0.25, 0.3) is 0 Å². The lowest BCUT2D eigenvalue weighted by atomic mass is 9.96. The summed E-state index contributed by atoms with van der Waals surface area (Å²) in [5.41, 5.74) is 7.93. The van der Waals surface area contributed by atoms with Crippen LogP contribution in [0.4, 0.5) is 0 Å². The van der Waals surface area contributed by atoms with Crippen LogP contribution in [0.1, 0.15) is 43.4 Å². The summed E-state index contributed by atoms with van der Waals surface area (Å²) in [5, 5.41) is 0. The van der Waals surface area contributed by atoms with E-state index < -0.39 is 0 Å². The maximum atomic E-state index is 5.79. The number of aryl methyl sites for hydroxylation is 1. The molecule has 1 aliphatic rings. The first kappa shape index (κ1) is 13.3. The molecule has 16 heavy (non-hydrogen) atoms. The molecule has 1 aromatic rings. The molecule has 1 aromatic heterocycles. The predicted molar refractivity (Wildman–Crippen MR) is 67.1 cm³/mol. The molecule has 0 spiro atoms. The first-order valence-electron chi connectivity index (χ1n) is 5.55. The Morgan fingerprint density at radius 1 is 1.50 bits per heavy atom. The second-order valence-corrected chi connectivity index (χ2v) is 4.35. The molecule has 3 nitrogen and oxygen atoms in total. The van der Waals surface area contributed by atoms with Gasteiger partial charge in [-0.3, -0.25) is 0 Å². The molecule has 90 valence electrons. The molecular weight excluding hydrogens is 224 g/mol. The second kappa shape index (κ2) is 5.51. The van der Waals surface area contributed by atoms with E-state index in [1.807, 2.05) is 20.0 Å². The van der Waals surface area contributed by atoms with Gasteiger partial charge in [0, 0.05) is 17.8 Å². The fraction of sp³-hybridized carbons (Fsp3) is 0.583. The van der Waals surface area contributed by atoms with Gasteiger partial charge in [-0.25, -0.2) is 4.98 Å². The van der Waals surface area contributed by atoms with Gasteiger partial charge in [0.1, 0.15) is 6.10 Å². The zero-order valence-corrected chi connectivity index (χ0v) is 10.6. The van der Waals surface area contributed by atoms with E-state index in [2.05, 4.69) is 11.1 Å². The molecule has 0 aliphatic heterocycles. The van der Waals surface area contributed by atoms with Crippen molar-refractivity contribution < 1.29 is 4.74 Å². The summed E-state index contributed by atoms with van der Waals surface area (Å²) in [5.74, 6) is 0.768. The van der Waals surface area contributed by atoms with Crippen molar-refractivity contribution in [1.29, 1.82) is 0 Å². The quantitative estimate of drug-likeness (QED) is 0.887. The molecule has 1 aliphatic carbocycles. The molecule has 0 saturated heterocycles. The van der Waals surface area contributed by atoms with Gasteiger partial charge in [-0.15, -0.1) is 12.4 Å². The van der Waals surface area contributed by atoms with Crippen LogP contribution >= 0.6 is 12.4 Å². The maximum absolute atomic E-state index is 5.79. The van der Waals surface area contributed by atoms with Crippen molar-refractivity contribution in [2.45, 2.75) is 45.3 Å². The van der Waals surface area contributed by atoms with Gasteiger partial charge in [0.05, 0.1) is 0 Å². The third kappa shape index (κ3) is 2.86. The lowest BCUT2D eigenvalue weighted by Crippen LogP contribution is -2.25. The molecule has 2 N–H and O–H groups in total. The minimum absolute atomic E-state index is 0. The van der Waals surface area contributed by atoms with Crippen molar-refractivity contribution >= 4 is 12.4 Å². The number of aromatic nitrogens is 1. The van der Waals surface area contributed by atoms with E-state index >= 15 is 0 Å². The van der Waals surface area contributed by atoms with Gasteiger partial charge in [0.2, 0.25) is 5.88 Å². The van der Waals surface area contributed by atoms with E-state index in [-0.39, 0.29) is 18.4 Å². The molecule has 1 heterocycles. The van der Waals surface area contributed by atoms with Gasteiger partial charge in [0.25, 0.3) is 0 Å². The first-order valence-corrected chi connectivity index (χ1v) is 5.55. The Bertz CT molecular complexity index is 351. The maximum Gasteiger partial charge on any atom is 0.216 e. The molecule has 0 bridgehead atoms. The summed E-state index contributed by atoms with van der Waals surface area (Å²) >= 11 is 0. The Hall–Kier alpha value is -0.800. The Kier molecular flexibility index (Phi) is 4.56. The summed E-state index contributed by atoms with van der Waals surface area (Å²) in [4.78, 5) is 4.32. The third-order valence-electron chi connectivity index (χ3n) is 2.91. The number of hydrogen-bond donors (Lipinski definition) is 1. The Morgan fingerprint density at radius 3 is 2.62 bits per heavy atom. The van der Waals surface area contributed by atoms with Crippen molar-refractivity contribution in [2.75, 3.05) is 0 Å². The van der Waals surface area contributed by atoms with Crippen molar-refractivity contribution in [3.8, 4) is 5.88 Å². The Labute approximate surface area is 103 Å². The molecule has 2 rings (SSSR count). The molecule has 1 saturated carbocycles.